The van der Waals surface area contributed by atoms with Gasteiger partial charge in [0.25, 0.3) is 0 Å². The van der Waals surface area contributed by atoms with Gasteiger partial charge in [-0.25, -0.2) is 4.98 Å². The van der Waals surface area contributed by atoms with Gasteiger partial charge in [0.05, 0.1) is 24.9 Å². The van der Waals surface area contributed by atoms with Crippen LogP contribution >= 0.6 is 11.3 Å². The Morgan fingerprint density at radius 2 is 1.55 bits per heavy atom. The van der Waals surface area contributed by atoms with Crippen LogP contribution in [0, 0.1) is 32.9 Å². The molecule has 0 aliphatic heterocycles. The van der Waals surface area contributed by atoms with Gasteiger partial charge in [0, 0.05) is 39.1 Å². The molecule has 7 heteroatoms. The number of benzene rings is 4. The summed E-state index contributed by atoms with van der Waals surface area (Å²) in [5.74, 6) is 0.315. The van der Waals surface area contributed by atoms with E-state index in [1.165, 1.54) is 37.5 Å². The molecule has 4 aromatic carbocycles. The van der Waals surface area contributed by atoms with E-state index < -0.39 is 14.0 Å². The van der Waals surface area contributed by atoms with Crippen LogP contribution in [-0.4, -0.2) is 27.6 Å². The van der Waals surface area contributed by atoms with Gasteiger partial charge in [0.1, 0.15) is 4.83 Å². The molecular formula is C44H42IrN4SSi-2. The van der Waals surface area contributed by atoms with Gasteiger partial charge in [0.15, 0.2) is 0 Å². The Kier molecular flexibility index (Phi) is 10.2. The van der Waals surface area contributed by atoms with E-state index in [2.05, 4.69) is 116 Å². The van der Waals surface area contributed by atoms with E-state index >= 15 is 0 Å². The third-order valence-corrected chi connectivity index (χ3v) is 12.3. The van der Waals surface area contributed by atoms with E-state index in [-0.39, 0.29) is 20.1 Å². The zero-order valence-electron chi connectivity index (χ0n) is 31.3. The van der Waals surface area contributed by atoms with Crippen molar-refractivity contribution in [3.8, 4) is 28.3 Å². The van der Waals surface area contributed by atoms with Crippen molar-refractivity contribution in [1.29, 1.82) is 0 Å². The molecule has 1 radical (unpaired) electrons. The number of pyridine rings is 2. The molecule has 0 spiro atoms. The minimum absolute atomic E-state index is 0. The maximum atomic E-state index is 8.44. The largest absolute Gasteiger partial charge is 0.333 e. The van der Waals surface area contributed by atoms with Crippen molar-refractivity contribution in [3.05, 3.63) is 138 Å². The van der Waals surface area contributed by atoms with Crippen molar-refractivity contribution in [2.24, 2.45) is 0 Å². The molecule has 0 unspecified atom stereocenters. The molecule has 0 saturated carbocycles. The monoisotopic (exact) mass is 880 g/mol. The normalized spacial score (nSPS) is 12.0. The van der Waals surface area contributed by atoms with Gasteiger partial charge in [-0.3, -0.25) is 4.98 Å². The summed E-state index contributed by atoms with van der Waals surface area (Å²) in [5.41, 5.74) is 10.8. The first-order valence-electron chi connectivity index (χ1n) is 17.5. The SMILES string of the molecule is Cc1ccc2c(n1)sc1c(-c3nc4ccccc4n3-c3c(C)cccc3C)[c-]ccc12.[2H]C(C)(C)c1cc(-c2[c-]cccc2)ncc1[Si](C)(C)C.[Ir]. The summed E-state index contributed by atoms with van der Waals surface area (Å²) in [7, 11) is -1.50. The summed E-state index contributed by atoms with van der Waals surface area (Å²) in [6.45, 7) is 17.2. The number of aryl methyl sites for hydroxylation is 3. The third kappa shape index (κ3) is 7.13. The van der Waals surface area contributed by atoms with Crippen LogP contribution < -0.4 is 5.19 Å². The molecule has 259 valence electrons. The molecule has 0 aliphatic rings. The third-order valence-electron chi connectivity index (χ3n) is 9.12. The molecule has 8 rings (SSSR count). The minimum Gasteiger partial charge on any atom is -0.333 e. The second kappa shape index (κ2) is 14.8. The predicted molar refractivity (Wildman–Crippen MR) is 216 cm³/mol. The van der Waals surface area contributed by atoms with E-state index in [1.54, 1.807) is 11.3 Å². The Labute approximate surface area is 321 Å². The summed E-state index contributed by atoms with van der Waals surface area (Å²) in [6.07, 6.45) is 1.98. The van der Waals surface area contributed by atoms with Gasteiger partial charge in [-0.2, -0.15) is 11.3 Å². The van der Waals surface area contributed by atoms with Crippen LogP contribution in [0.5, 0.6) is 0 Å². The van der Waals surface area contributed by atoms with Gasteiger partial charge in [-0.05, 0) is 77.0 Å². The molecule has 4 aromatic heterocycles. The van der Waals surface area contributed by atoms with Crippen LogP contribution in [-0.2, 0) is 20.1 Å². The summed E-state index contributed by atoms with van der Waals surface area (Å²) in [5, 5.41) is 3.68. The molecule has 0 bridgehead atoms. The maximum absolute atomic E-state index is 8.44. The molecular weight excluding hydrogens is 837 g/mol. The minimum atomic E-state index is -1.50. The standard InChI is InChI=1S/C27H20N3S.C17H22NSi.Ir/c1-16-8-6-9-17(2)24(16)30-23-13-5-4-12-22(23)29-26(30)21-11-7-10-19-20-15-14-18(3)28-27(20)31-25(19)21;1-13(2)15-11-16(14-9-7-6-8-10-14)18-12-17(15)19(3,4)5;/h4-10,12-15H,1-3H3;6-9,11-13H,1-5H3;/q2*-1;/i;13D;. The smallest absolute Gasteiger partial charge is 0.113 e. The fourth-order valence-electron chi connectivity index (χ4n) is 6.63. The summed E-state index contributed by atoms with van der Waals surface area (Å²) in [6, 6.07) is 39.9. The zero-order chi connectivity index (χ0) is 36.1. The van der Waals surface area contributed by atoms with Gasteiger partial charge in [0.2, 0.25) is 0 Å². The van der Waals surface area contributed by atoms with Gasteiger partial charge >= 0.3 is 0 Å². The maximum Gasteiger partial charge on any atom is 0.113 e. The molecule has 51 heavy (non-hydrogen) atoms. The van der Waals surface area contributed by atoms with Crippen molar-refractivity contribution in [2.45, 2.75) is 60.2 Å². The molecule has 0 atom stereocenters. The van der Waals surface area contributed by atoms with E-state index in [0.717, 1.165) is 49.8 Å². The number of thiophene rings is 1. The van der Waals surface area contributed by atoms with E-state index in [4.69, 9.17) is 11.3 Å². The van der Waals surface area contributed by atoms with Crippen molar-refractivity contribution in [1.82, 2.24) is 19.5 Å². The number of rotatable bonds is 5. The van der Waals surface area contributed by atoms with Crippen molar-refractivity contribution < 1.29 is 21.5 Å². The molecule has 8 aromatic rings. The molecule has 4 heterocycles. The number of hydrogen-bond acceptors (Lipinski definition) is 4. The Balaban J connectivity index is 0.000000193. The Bertz CT molecular complexity index is 2520. The van der Waals surface area contributed by atoms with Crippen molar-refractivity contribution in [3.63, 3.8) is 0 Å². The number of fused-ring (bicyclic) bond motifs is 4. The fourth-order valence-corrected chi connectivity index (χ4v) is 9.42. The van der Waals surface area contributed by atoms with Gasteiger partial charge in [-0.15, -0.1) is 54.1 Å². The Morgan fingerprint density at radius 3 is 2.25 bits per heavy atom. The predicted octanol–water partition coefficient (Wildman–Crippen LogP) is 11.4. The topological polar surface area (TPSA) is 43.6 Å². The second-order valence-corrected chi connectivity index (χ2v) is 20.2. The van der Waals surface area contributed by atoms with Crippen LogP contribution in [0.25, 0.3) is 59.7 Å². The summed E-state index contributed by atoms with van der Waals surface area (Å²) >= 11 is 1.72. The van der Waals surface area contributed by atoms with Crippen LogP contribution in [0.3, 0.4) is 0 Å². The number of hydrogen-bond donors (Lipinski definition) is 0. The molecule has 4 nitrogen and oxygen atoms in total. The molecule has 0 N–H and O–H groups in total. The average Bonchev–Trinajstić information content (AvgIpc) is 3.66. The van der Waals surface area contributed by atoms with Gasteiger partial charge in [-0.1, -0.05) is 92.5 Å². The quantitative estimate of drug-likeness (QED) is 0.128. The first-order valence-corrected chi connectivity index (χ1v) is 21.4. The Hall–Kier alpha value is -4.26. The van der Waals surface area contributed by atoms with Crippen LogP contribution in [0.1, 0.15) is 43.5 Å². The summed E-state index contributed by atoms with van der Waals surface area (Å²) < 4.78 is 11.9. The Morgan fingerprint density at radius 1 is 0.804 bits per heavy atom. The fraction of sp³-hybridized carbons (Fsp3) is 0.205. The molecule has 0 saturated heterocycles. The van der Waals surface area contributed by atoms with Crippen LogP contribution in [0.4, 0.5) is 0 Å². The van der Waals surface area contributed by atoms with E-state index in [0.29, 0.717) is 0 Å². The molecule has 0 fully saturated rings. The average molecular weight is 880 g/mol. The van der Waals surface area contributed by atoms with E-state index in [1.807, 2.05) is 63.4 Å². The number of para-hydroxylation sites is 3. The van der Waals surface area contributed by atoms with Crippen molar-refractivity contribution >= 4 is 55.9 Å². The van der Waals surface area contributed by atoms with Gasteiger partial charge < -0.3 is 9.55 Å². The first-order chi connectivity index (χ1) is 24.3. The number of aromatic nitrogens is 4. The molecule has 0 aliphatic carbocycles. The van der Waals surface area contributed by atoms with Crippen LogP contribution in [0.15, 0.2) is 103 Å². The molecule has 0 amide bonds. The van der Waals surface area contributed by atoms with Crippen LogP contribution in [0.2, 0.25) is 19.6 Å². The zero-order valence-corrected chi connectivity index (χ0v) is 34.6. The first kappa shape index (κ1) is 35.2. The summed E-state index contributed by atoms with van der Waals surface area (Å²) in [4.78, 5) is 15.5. The number of nitrogens with zero attached hydrogens (tertiary/aromatic N) is 4. The van der Waals surface area contributed by atoms with E-state index in [9.17, 15) is 0 Å². The van der Waals surface area contributed by atoms with Crippen molar-refractivity contribution in [2.75, 3.05) is 0 Å². The second-order valence-electron chi connectivity index (χ2n) is 14.1. The number of imidazole rings is 1.